The maximum Gasteiger partial charge on any atom is 0.356 e. The summed E-state index contributed by atoms with van der Waals surface area (Å²) in [4.78, 5) is 63.7. The predicted molar refractivity (Wildman–Crippen MR) is 184 cm³/mol. The molecular formula is C34H41N2O10P2+. The minimum atomic E-state index is -4.50. The Morgan fingerprint density at radius 2 is 1.42 bits per heavy atom. The van der Waals surface area contributed by atoms with Gasteiger partial charge >= 0.3 is 27.1 Å². The minimum absolute atomic E-state index is 0.106. The first kappa shape index (κ1) is 36.9. The molecule has 4 rings (SSSR count). The van der Waals surface area contributed by atoms with Gasteiger partial charge in [-0.2, -0.15) is 4.58 Å². The molecule has 0 radical (unpaired) electrons. The van der Waals surface area contributed by atoms with Crippen LogP contribution in [-0.4, -0.2) is 65.1 Å². The maximum atomic E-state index is 12.0. The average molecular weight is 700 g/mol. The van der Waals surface area contributed by atoms with E-state index in [9.17, 15) is 48.5 Å². The van der Waals surface area contributed by atoms with Crippen molar-refractivity contribution in [1.82, 2.24) is 0 Å². The highest BCUT2D eigenvalue weighted by Gasteiger charge is 2.45. The molecule has 0 unspecified atom stereocenters. The number of hydrogen-bond donors (Lipinski definition) is 6. The Labute approximate surface area is 279 Å². The molecule has 2 aliphatic heterocycles. The second-order valence-corrected chi connectivity index (χ2v) is 16.1. The Morgan fingerprint density at radius 1 is 0.833 bits per heavy atom. The fraction of sp³-hybridized carbons (Fsp3) is 0.324. The Bertz CT molecular complexity index is 1910. The number of rotatable bonds is 12. The standard InChI is InChI=1S/C34H40N2O10P2/c1-22(8-6-10-29-33(2,3)25-20-23(47(41,42)43)12-14-27(25)35(29)18-16-31(37)38)9-7-11-30-34(4,5)26-21-24(48(44,45)46)13-15-28(26)36(30)19-17-32(39)40/h6-15,20-21H,16-19H2,1-5H3,(H5-,37,38,39,40,41,42,43,44,45,46)/p+1. The number of fused-ring (bicyclic) bond motifs is 2. The number of allylic oxidation sites excluding steroid dienone is 8. The van der Waals surface area contributed by atoms with Crippen molar-refractivity contribution in [2.75, 3.05) is 18.0 Å². The molecule has 14 heteroatoms. The molecule has 2 aromatic rings. The van der Waals surface area contributed by atoms with Gasteiger partial charge in [0.2, 0.25) is 5.69 Å². The summed E-state index contributed by atoms with van der Waals surface area (Å²) in [6, 6.07) is 8.92. The molecule has 256 valence electrons. The van der Waals surface area contributed by atoms with Gasteiger partial charge in [-0.1, -0.05) is 43.7 Å². The summed E-state index contributed by atoms with van der Waals surface area (Å²) < 4.78 is 25.8. The maximum absolute atomic E-state index is 12.0. The van der Waals surface area contributed by atoms with Crippen LogP contribution in [0.15, 0.2) is 84.1 Å². The fourth-order valence-electron chi connectivity index (χ4n) is 6.22. The second kappa shape index (κ2) is 13.6. The quantitative estimate of drug-likeness (QED) is 0.105. The Balaban J connectivity index is 1.65. The monoisotopic (exact) mass is 699 g/mol. The topological polar surface area (TPSA) is 196 Å². The smallest absolute Gasteiger partial charge is 0.356 e. The van der Waals surface area contributed by atoms with Crippen LogP contribution >= 0.6 is 15.2 Å². The van der Waals surface area contributed by atoms with E-state index in [-0.39, 0.29) is 36.5 Å². The summed E-state index contributed by atoms with van der Waals surface area (Å²) in [5.41, 5.74) is 3.77. The van der Waals surface area contributed by atoms with E-state index in [0.29, 0.717) is 22.5 Å². The first-order valence-electron chi connectivity index (χ1n) is 15.2. The number of benzene rings is 2. The van der Waals surface area contributed by atoms with Crippen molar-refractivity contribution in [2.45, 2.75) is 58.3 Å². The normalized spacial score (nSPS) is 18.3. The van der Waals surface area contributed by atoms with Crippen LogP contribution in [0.4, 0.5) is 11.4 Å². The highest BCUT2D eigenvalue weighted by atomic mass is 31.2. The molecule has 2 heterocycles. The van der Waals surface area contributed by atoms with E-state index < -0.39 is 38.0 Å². The summed E-state index contributed by atoms with van der Waals surface area (Å²) in [5, 5.41) is 18.5. The zero-order valence-electron chi connectivity index (χ0n) is 27.4. The first-order valence-corrected chi connectivity index (χ1v) is 18.4. The number of nitrogens with zero attached hydrogens (tertiary/aromatic N) is 2. The second-order valence-electron chi connectivity index (χ2n) is 12.9. The van der Waals surface area contributed by atoms with Gasteiger partial charge in [-0.15, -0.1) is 0 Å². The molecule has 2 aromatic carbocycles. The molecule has 48 heavy (non-hydrogen) atoms. The Morgan fingerprint density at radius 3 is 2.00 bits per heavy atom. The van der Waals surface area contributed by atoms with Crippen LogP contribution in [0, 0.1) is 0 Å². The average Bonchev–Trinajstić information content (AvgIpc) is 3.31. The molecule has 0 spiro atoms. The molecular weight excluding hydrogens is 658 g/mol. The van der Waals surface area contributed by atoms with Gasteiger partial charge in [-0.3, -0.25) is 18.7 Å². The molecule has 0 aliphatic carbocycles. The van der Waals surface area contributed by atoms with Gasteiger partial charge in [0.1, 0.15) is 6.42 Å². The van der Waals surface area contributed by atoms with Gasteiger partial charge in [0, 0.05) is 41.1 Å². The number of carboxylic acids is 2. The van der Waals surface area contributed by atoms with Crippen LogP contribution < -0.4 is 15.5 Å². The number of hydrogen-bond acceptors (Lipinski definition) is 5. The lowest BCUT2D eigenvalue weighted by atomic mass is 9.81. The van der Waals surface area contributed by atoms with E-state index >= 15 is 0 Å². The van der Waals surface area contributed by atoms with Crippen molar-refractivity contribution < 1.29 is 53.1 Å². The molecule has 12 nitrogen and oxygen atoms in total. The Hall–Kier alpha value is -3.89. The summed E-state index contributed by atoms with van der Waals surface area (Å²) in [6.45, 7) is 9.89. The van der Waals surface area contributed by atoms with Crippen molar-refractivity contribution in [3.8, 4) is 0 Å². The van der Waals surface area contributed by atoms with Crippen molar-refractivity contribution in [2.24, 2.45) is 0 Å². The molecule has 6 N–H and O–H groups in total. The van der Waals surface area contributed by atoms with E-state index in [2.05, 4.69) is 0 Å². The predicted octanol–water partition coefficient (Wildman–Crippen LogP) is 4.36. The lowest BCUT2D eigenvalue weighted by Crippen LogP contribution is -2.28. The van der Waals surface area contributed by atoms with Gasteiger partial charge in [0.15, 0.2) is 12.3 Å². The minimum Gasteiger partial charge on any atom is -0.481 e. The van der Waals surface area contributed by atoms with Crippen LogP contribution in [0.1, 0.15) is 58.6 Å². The number of carboxylic acid groups (broad SMARTS) is 2. The van der Waals surface area contributed by atoms with Crippen molar-refractivity contribution in [3.63, 3.8) is 0 Å². The molecule has 0 amide bonds. The third kappa shape index (κ3) is 7.70. The molecule has 2 aliphatic rings. The molecule has 0 saturated carbocycles. The summed E-state index contributed by atoms with van der Waals surface area (Å²) in [5.74, 6) is -1.94. The first-order chi connectivity index (χ1) is 22.2. The van der Waals surface area contributed by atoms with E-state index in [1.807, 2.05) is 80.6 Å². The fourth-order valence-corrected chi connectivity index (χ4v) is 7.36. The molecule has 0 saturated heterocycles. The largest absolute Gasteiger partial charge is 0.481 e. The summed E-state index contributed by atoms with van der Waals surface area (Å²) in [6.07, 6.45) is 10.8. The van der Waals surface area contributed by atoms with Crippen LogP contribution in [0.3, 0.4) is 0 Å². The lowest BCUT2D eigenvalue weighted by Gasteiger charge is -2.26. The van der Waals surface area contributed by atoms with Crippen LogP contribution in [0.25, 0.3) is 0 Å². The number of anilines is 1. The summed E-state index contributed by atoms with van der Waals surface area (Å²) >= 11 is 0. The van der Waals surface area contributed by atoms with Crippen LogP contribution in [0.5, 0.6) is 0 Å². The third-order valence-corrected chi connectivity index (χ3v) is 10.7. The SMILES string of the molecule is CC(/C=C/C=C1/N(CCC(=O)O)c2ccc(P(=O)(O)O)cc2C1(C)C)=C\C=C\C1=[N+](CCC(=O)O)c2ccc(P(=O)(O)O)cc2C1(C)C. The van der Waals surface area contributed by atoms with Crippen LogP contribution in [0.2, 0.25) is 0 Å². The van der Waals surface area contributed by atoms with Crippen molar-refractivity contribution in [1.29, 1.82) is 0 Å². The number of carbonyl (C=O) groups is 2. The van der Waals surface area contributed by atoms with E-state index in [0.717, 1.165) is 17.0 Å². The van der Waals surface area contributed by atoms with Gasteiger partial charge < -0.3 is 34.7 Å². The zero-order chi connectivity index (χ0) is 35.8. The van der Waals surface area contributed by atoms with Crippen molar-refractivity contribution in [3.05, 3.63) is 95.3 Å². The van der Waals surface area contributed by atoms with E-state index in [4.69, 9.17) is 0 Å². The molecule has 0 atom stereocenters. The molecule has 0 fully saturated rings. The lowest BCUT2D eigenvalue weighted by molar-refractivity contribution is -0.436. The third-order valence-electron chi connectivity index (χ3n) is 8.75. The molecule has 0 bridgehead atoms. The van der Waals surface area contributed by atoms with Gasteiger partial charge in [-0.25, -0.2) is 0 Å². The van der Waals surface area contributed by atoms with Gasteiger partial charge in [0.05, 0.1) is 22.4 Å². The highest BCUT2D eigenvalue weighted by Crippen LogP contribution is 2.49. The van der Waals surface area contributed by atoms with E-state index in [1.165, 1.54) is 24.3 Å². The highest BCUT2D eigenvalue weighted by molar-refractivity contribution is 7.60. The van der Waals surface area contributed by atoms with Crippen molar-refractivity contribution >= 4 is 54.8 Å². The summed E-state index contributed by atoms with van der Waals surface area (Å²) in [7, 11) is -9.00. The Kier molecular flexibility index (Phi) is 10.4. The van der Waals surface area contributed by atoms with Crippen LogP contribution in [-0.2, 0) is 29.5 Å². The van der Waals surface area contributed by atoms with E-state index in [1.54, 1.807) is 12.1 Å². The molecule has 0 aromatic heterocycles. The number of aliphatic carboxylic acids is 2. The zero-order valence-corrected chi connectivity index (χ0v) is 29.2. The van der Waals surface area contributed by atoms with Gasteiger partial charge in [0.25, 0.3) is 0 Å². The van der Waals surface area contributed by atoms with Gasteiger partial charge in [-0.05, 0) is 62.7 Å².